The number of nitrogens with one attached hydrogen (secondary N) is 1. The van der Waals surface area contributed by atoms with Crippen LogP contribution in [-0.4, -0.2) is 29.3 Å². The van der Waals surface area contributed by atoms with E-state index < -0.39 is 0 Å². The molecule has 1 N–H and O–H groups in total. The Morgan fingerprint density at radius 1 is 1.40 bits per heavy atom. The van der Waals surface area contributed by atoms with Crippen molar-refractivity contribution in [3.05, 3.63) is 17.2 Å². The Morgan fingerprint density at radius 2 is 2.15 bits per heavy atom. The van der Waals surface area contributed by atoms with E-state index in [0.717, 1.165) is 25.9 Å². The molecule has 1 fully saturated rings. The van der Waals surface area contributed by atoms with Gasteiger partial charge in [0.25, 0.3) is 0 Å². The summed E-state index contributed by atoms with van der Waals surface area (Å²) in [6, 6.07) is 0.527. The number of ether oxygens (including phenoxy) is 1. The van der Waals surface area contributed by atoms with Crippen molar-refractivity contribution in [2.24, 2.45) is 5.41 Å². The van der Waals surface area contributed by atoms with Crippen LogP contribution in [0.2, 0.25) is 0 Å². The number of imidazole rings is 1. The average Bonchev–Trinajstić information content (AvgIpc) is 2.78. The van der Waals surface area contributed by atoms with Crippen LogP contribution >= 0.6 is 0 Å². The standard InChI is InChI=1S/C16H27N3O/c1-10(2)15-18-11-9-17-7-6-12(11)19(15)13-8-14(20-5)16(13,3)4/h10,13-14,17H,6-9H2,1-5H3. The number of aromatic nitrogens is 2. The van der Waals surface area contributed by atoms with E-state index in [-0.39, 0.29) is 5.41 Å². The molecule has 0 radical (unpaired) electrons. The number of nitrogens with zero attached hydrogens (tertiary/aromatic N) is 2. The fourth-order valence-corrected chi connectivity index (χ4v) is 3.81. The summed E-state index contributed by atoms with van der Waals surface area (Å²) < 4.78 is 8.18. The average molecular weight is 277 g/mol. The lowest BCUT2D eigenvalue weighted by molar-refractivity contribution is -0.114. The van der Waals surface area contributed by atoms with Crippen LogP contribution in [0.25, 0.3) is 0 Å². The molecule has 4 nitrogen and oxygen atoms in total. The van der Waals surface area contributed by atoms with Gasteiger partial charge in [-0.2, -0.15) is 0 Å². The molecule has 1 saturated carbocycles. The number of methoxy groups -OCH3 is 1. The summed E-state index contributed by atoms with van der Waals surface area (Å²) in [6.45, 7) is 11.1. The zero-order valence-corrected chi connectivity index (χ0v) is 13.4. The molecule has 1 aromatic rings. The Hall–Kier alpha value is -0.870. The number of hydrogen-bond donors (Lipinski definition) is 1. The minimum absolute atomic E-state index is 0.192. The Morgan fingerprint density at radius 3 is 2.75 bits per heavy atom. The van der Waals surface area contributed by atoms with Crippen LogP contribution in [0.5, 0.6) is 0 Å². The molecule has 0 saturated heterocycles. The molecule has 2 heterocycles. The predicted octanol–water partition coefficient (Wildman–Crippen LogP) is 2.64. The van der Waals surface area contributed by atoms with Crippen LogP contribution < -0.4 is 5.32 Å². The fourth-order valence-electron chi connectivity index (χ4n) is 3.81. The molecule has 0 spiro atoms. The highest BCUT2D eigenvalue weighted by atomic mass is 16.5. The molecule has 20 heavy (non-hydrogen) atoms. The normalized spacial score (nSPS) is 28.3. The van der Waals surface area contributed by atoms with Crippen molar-refractivity contribution < 1.29 is 4.74 Å². The molecule has 4 heteroatoms. The van der Waals surface area contributed by atoms with Gasteiger partial charge in [0, 0.05) is 49.7 Å². The zero-order chi connectivity index (χ0) is 14.5. The van der Waals surface area contributed by atoms with Crippen LogP contribution in [0.15, 0.2) is 0 Å². The first kappa shape index (κ1) is 14.1. The highest BCUT2D eigenvalue weighted by molar-refractivity contribution is 5.25. The second-order valence-electron chi connectivity index (χ2n) is 7.11. The van der Waals surface area contributed by atoms with Crippen molar-refractivity contribution in [2.45, 2.75) is 65.1 Å². The SMILES string of the molecule is COC1CC(n2c(C(C)C)nc3c2CCNC3)C1(C)C. The Bertz CT molecular complexity index is 504. The van der Waals surface area contributed by atoms with E-state index in [1.54, 1.807) is 0 Å². The molecule has 1 aromatic heterocycles. The first-order chi connectivity index (χ1) is 9.46. The van der Waals surface area contributed by atoms with E-state index >= 15 is 0 Å². The summed E-state index contributed by atoms with van der Waals surface area (Å²) in [6.07, 6.45) is 2.57. The molecular formula is C16H27N3O. The van der Waals surface area contributed by atoms with Crippen LogP contribution in [-0.2, 0) is 17.7 Å². The molecule has 2 atom stereocenters. The molecule has 2 unspecified atom stereocenters. The predicted molar refractivity (Wildman–Crippen MR) is 80.0 cm³/mol. The minimum Gasteiger partial charge on any atom is -0.381 e. The second kappa shape index (κ2) is 4.85. The van der Waals surface area contributed by atoms with Crippen LogP contribution in [0.4, 0.5) is 0 Å². The Balaban J connectivity index is 2.02. The maximum atomic E-state index is 5.63. The molecule has 1 aliphatic heterocycles. The lowest BCUT2D eigenvalue weighted by Gasteiger charge is -2.52. The van der Waals surface area contributed by atoms with Crippen molar-refractivity contribution in [3.8, 4) is 0 Å². The monoisotopic (exact) mass is 277 g/mol. The van der Waals surface area contributed by atoms with E-state index in [4.69, 9.17) is 9.72 Å². The minimum atomic E-state index is 0.192. The quantitative estimate of drug-likeness (QED) is 0.923. The first-order valence-corrected chi connectivity index (χ1v) is 7.80. The molecule has 112 valence electrons. The van der Waals surface area contributed by atoms with Gasteiger partial charge in [-0.05, 0) is 6.42 Å². The third-order valence-corrected chi connectivity index (χ3v) is 5.19. The van der Waals surface area contributed by atoms with Crippen molar-refractivity contribution in [2.75, 3.05) is 13.7 Å². The number of rotatable bonds is 3. The highest BCUT2D eigenvalue weighted by Crippen LogP contribution is 2.52. The molecule has 0 amide bonds. The van der Waals surface area contributed by atoms with Gasteiger partial charge in [0.15, 0.2) is 0 Å². The fraction of sp³-hybridized carbons (Fsp3) is 0.812. The third kappa shape index (κ3) is 1.92. The van der Waals surface area contributed by atoms with E-state index in [1.165, 1.54) is 17.2 Å². The Labute approximate surface area is 121 Å². The summed E-state index contributed by atoms with van der Waals surface area (Å²) in [5.74, 6) is 1.73. The second-order valence-corrected chi connectivity index (χ2v) is 7.11. The molecule has 1 aliphatic carbocycles. The topological polar surface area (TPSA) is 39.1 Å². The van der Waals surface area contributed by atoms with E-state index in [9.17, 15) is 0 Å². The van der Waals surface area contributed by atoms with E-state index in [0.29, 0.717) is 18.1 Å². The summed E-state index contributed by atoms with van der Waals surface area (Å²) in [7, 11) is 1.83. The van der Waals surface area contributed by atoms with Crippen molar-refractivity contribution >= 4 is 0 Å². The van der Waals surface area contributed by atoms with Gasteiger partial charge in [-0.3, -0.25) is 0 Å². The molecule has 0 aromatic carbocycles. The van der Waals surface area contributed by atoms with E-state index in [2.05, 4.69) is 37.6 Å². The van der Waals surface area contributed by atoms with Crippen molar-refractivity contribution in [1.82, 2.24) is 14.9 Å². The van der Waals surface area contributed by atoms with Gasteiger partial charge >= 0.3 is 0 Å². The van der Waals surface area contributed by atoms with Gasteiger partial charge in [0.05, 0.1) is 11.8 Å². The third-order valence-electron chi connectivity index (χ3n) is 5.19. The van der Waals surface area contributed by atoms with Gasteiger partial charge in [0.2, 0.25) is 0 Å². The van der Waals surface area contributed by atoms with Gasteiger partial charge in [-0.15, -0.1) is 0 Å². The van der Waals surface area contributed by atoms with Gasteiger partial charge in [0.1, 0.15) is 5.82 Å². The first-order valence-electron chi connectivity index (χ1n) is 7.80. The van der Waals surface area contributed by atoms with Gasteiger partial charge in [-0.1, -0.05) is 27.7 Å². The van der Waals surface area contributed by atoms with Crippen LogP contribution in [0, 0.1) is 5.41 Å². The smallest absolute Gasteiger partial charge is 0.112 e. The summed E-state index contributed by atoms with van der Waals surface area (Å²) in [5.41, 5.74) is 2.91. The summed E-state index contributed by atoms with van der Waals surface area (Å²) in [5, 5.41) is 3.44. The van der Waals surface area contributed by atoms with Crippen molar-refractivity contribution in [3.63, 3.8) is 0 Å². The maximum absolute atomic E-state index is 5.63. The maximum Gasteiger partial charge on any atom is 0.112 e. The number of hydrogen-bond acceptors (Lipinski definition) is 3. The Kier molecular flexibility index (Phi) is 3.41. The highest BCUT2D eigenvalue weighted by Gasteiger charge is 2.51. The molecule has 2 aliphatic rings. The van der Waals surface area contributed by atoms with Gasteiger partial charge in [-0.25, -0.2) is 4.98 Å². The van der Waals surface area contributed by atoms with Crippen LogP contribution in [0.3, 0.4) is 0 Å². The van der Waals surface area contributed by atoms with E-state index in [1.807, 2.05) is 7.11 Å². The number of fused-ring (bicyclic) bond motifs is 1. The van der Waals surface area contributed by atoms with Gasteiger partial charge < -0.3 is 14.6 Å². The zero-order valence-electron chi connectivity index (χ0n) is 13.4. The van der Waals surface area contributed by atoms with Crippen LogP contribution in [0.1, 0.15) is 63.3 Å². The molecular weight excluding hydrogens is 250 g/mol. The molecule has 0 bridgehead atoms. The largest absolute Gasteiger partial charge is 0.381 e. The molecule has 3 rings (SSSR count). The lowest BCUT2D eigenvalue weighted by atomic mass is 9.64. The summed E-state index contributed by atoms with van der Waals surface area (Å²) >= 11 is 0. The van der Waals surface area contributed by atoms with Crippen molar-refractivity contribution in [1.29, 1.82) is 0 Å². The lowest BCUT2D eigenvalue weighted by Crippen LogP contribution is -2.52. The summed E-state index contributed by atoms with van der Waals surface area (Å²) in [4.78, 5) is 4.93.